The van der Waals surface area contributed by atoms with Crippen LogP contribution in [-0.4, -0.2) is 18.1 Å². The van der Waals surface area contributed by atoms with Crippen molar-refractivity contribution in [2.24, 2.45) is 0 Å². The zero-order valence-corrected chi connectivity index (χ0v) is 6.30. The molecule has 0 saturated carbocycles. The predicted molar refractivity (Wildman–Crippen MR) is 43.0 cm³/mol. The lowest BCUT2D eigenvalue weighted by atomic mass is 10.2. The SMILES string of the molecule is N#CCNCCc1cc[nH]c1. The highest BCUT2D eigenvalue weighted by molar-refractivity contribution is 5.08. The van der Waals surface area contributed by atoms with Gasteiger partial charge in [-0.25, -0.2) is 0 Å². The fourth-order valence-electron chi connectivity index (χ4n) is 0.891. The number of nitrogens with one attached hydrogen (secondary N) is 2. The van der Waals surface area contributed by atoms with Crippen molar-refractivity contribution in [1.29, 1.82) is 5.26 Å². The first-order valence-corrected chi connectivity index (χ1v) is 3.63. The zero-order chi connectivity index (χ0) is 7.94. The molecule has 0 radical (unpaired) electrons. The van der Waals surface area contributed by atoms with Gasteiger partial charge in [-0.3, -0.25) is 0 Å². The Morgan fingerprint density at radius 3 is 3.18 bits per heavy atom. The normalized spacial score (nSPS) is 9.36. The minimum atomic E-state index is 0.435. The molecule has 0 unspecified atom stereocenters. The van der Waals surface area contributed by atoms with Crippen LogP contribution >= 0.6 is 0 Å². The smallest absolute Gasteiger partial charge is 0.0841 e. The lowest BCUT2D eigenvalue weighted by molar-refractivity contribution is 0.750. The summed E-state index contributed by atoms with van der Waals surface area (Å²) in [5.74, 6) is 0. The van der Waals surface area contributed by atoms with Crippen molar-refractivity contribution in [3.8, 4) is 6.07 Å². The van der Waals surface area contributed by atoms with Crippen LogP contribution in [0, 0.1) is 11.3 Å². The van der Waals surface area contributed by atoms with E-state index in [2.05, 4.69) is 10.3 Å². The number of aromatic amines is 1. The molecule has 3 heteroatoms. The molecule has 11 heavy (non-hydrogen) atoms. The zero-order valence-electron chi connectivity index (χ0n) is 6.30. The van der Waals surface area contributed by atoms with Gasteiger partial charge in [-0.05, 0) is 18.1 Å². The van der Waals surface area contributed by atoms with Crippen molar-refractivity contribution in [1.82, 2.24) is 10.3 Å². The van der Waals surface area contributed by atoms with E-state index in [0.717, 1.165) is 13.0 Å². The second-order valence-corrected chi connectivity index (χ2v) is 2.30. The topological polar surface area (TPSA) is 51.6 Å². The minimum Gasteiger partial charge on any atom is -0.367 e. The van der Waals surface area contributed by atoms with E-state index < -0.39 is 0 Å². The number of hydrogen-bond acceptors (Lipinski definition) is 2. The van der Waals surface area contributed by atoms with Gasteiger partial charge in [-0.2, -0.15) is 5.26 Å². The Morgan fingerprint density at radius 2 is 2.55 bits per heavy atom. The molecule has 0 amide bonds. The van der Waals surface area contributed by atoms with Crippen molar-refractivity contribution in [3.05, 3.63) is 24.0 Å². The van der Waals surface area contributed by atoms with Crippen LogP contribution < -0.4 is 5.32 Å². The van der Waals surface area contributed by atoms with Crippen LogP contribution in [0.3, 0.4) is 0 Å². The van der Waals surface area contributed by atoms with Crippen LogP contribution in [-0.2, 0) is 6.42 Å². The van der Waals surface area contributed by atoms with Gasteiger partial charge in [0.05, 0.1) is 12.6 Å². The molecule has 0 spiro atoms. The van der Waals surface area contributed by atoms with E-state index in [1.165, 1.54) is 5.56 Å². The van der Waals surface area contributed by atoms with Crippen LogP contribution in [0.25, 0.3) is 0 Å². The summed E-state index contributed by atoms with van der Waals surface area (Å²) in [5, 5.41) is 11.2. The summed E-state index contributed by atoms with van der Waals surface area (Å²) in [6.07, 6.45) is 4.85. The summed E-state index contributed by atoms with van der Waals surface area (Å²) < 4.78 is 0. The minimum absolute atomic E-state index is 0.435. The average molecular weight is 149 g/mol. The largest absolute Gasteiger partial charge is 0.367 e. The molecule has 0 fully saturated rings. The Kier molecular flexibility index (Phi) is 3.23. The molecule has 0 atom stereocenters. The van der Waals surface area contributed by atoms with Gasteiger partial charge in [-0.1, -0.05) is 0 Å². The van der Waals surface area contributed by atoms with E-state index in [9.17, 15) is 0 Å². The molecule has 0 bridgehead atoms. The van der Waals surface area contributed by atoms with Gasteiger partial charge >= 0.3 is 0 Å². The molecule has 0 aromatic carbocycles. The molecule has 0 aliphatic heterocycles. The number of nitrogens with zero attached hydrogens (tertiary/aromatic N) is 1. The third kappa shape index (κ3) is 2.87. The van der Waals surface area contributed by atoms with E-state index in [-0.39, 0.29) is 0 Å². The third-order valence-corrected chi connectivity index (χ3v) is 1.46. The van der Waals surface area contributed by atoms with Crippen LogP contribution in [0.4, 0.5) is 0 Å². The summed E-state index contributed by atoms with van der Waals surface area (Å²) in [4.78, 5) is 2.98. The number of aromatic nitrogens is 1. The summed E-state index contributed by atoms with van der Waals surface area (Å²) in [6, 6.07) is 4.06. The molecule has 1 heterocycles. The fourth-order valence-corrected chi connectivity index (χ4v) is 0.891. The Labute approximate surface area is 66.0 Å². The fraction of sp³-hybridized carbons (Fsp3) is 0.375. The average Bonchev–Trinajstić information content (AvgIpc) is 2.50. The molecule has 0 aliphatic rings. The highest BCUT2D eigenvalue weighted by Gasteiger charge is 1.90. The third-order valence-electron chi connectivity index (χ3n) is 1.46. The van der Waals surface area contributed by atoms with Gasteiger partial charge in [0.15, 0.2) is 0 Å². The van der Waals surface area contributed by atoms with Gasteiger partial charge in [0.1, 0.15) is 0 Å². The van der Waals surface area contributed by atoms with Gasteiger partial charge < -0.3 is 10.3 Å². The number of hydrogen-bond donors (Lipinski definition) is 2. The lowest BCUT2D eigenvalue weighted by Crippen LogP contribution is -2.16. The molecule has 1 aromatic heterocycles. The highest BCUT2D eigenvalue weighted by atomic mass is 14.8. The monoisotopic (exact) mass is 149 g/mol. The Hall–Kier alpha value is -1.27. The van der Waals surface area contributed by atoms with E-state index in [4.69, 9.17) is 5.26 Å². The molecule has 0 saturated heterocycles. The summed E-state index contributed by atoms with van der Waals surface area (Å²) in [7, 11) is 0. The first-order chi connectivity index (χ1) is 5.43. The van der Waals surface area contributed by atoms with Gasteiger partial charge in [0, 0.05) is 18.9 Å². The standard InChI is InChI=1S/C8H11N3/c9-3-6-10-4-1-8-2-5-11-7-8/h2,5,7,10-11H,1,4,6H2. The number of nitriles is 1. The van der Waals surface area contributed by atoms with Gasteiger partial charge in [0.25, 0.3) is 0 Å². The molecular weight excluding hydrogens is 138 g/mol. The van der Waals surface area contributed by atoms with Crippen LogP contribution in [0.15, 0.2) is 18.5 Å². The summed E-state index contributed by atoms with van der Waals surface area (Å²) in [6.45, 7) is 1.30. The van der Waals surface area contributed by atoms with Crippen LogP contribution in [0.5, 0.6) is 0 Å². The molecule has 3 nitrogen and oxygen atoms in total. The van der Waals surface area contributed by atoms with E-state index in [1.807, 2.05) is 24.5 Å². The second-order valence-electron chi connectivity index (χ2n) is 2.30. The molecule has 1 rings (SSSR count). The lowest BCUT2D eigenvalue weighted by Gasteiger charge is -1.96. The summed E-state index contributed by atoms with van der Waals surface area (Å²) in [5.41, 5.74) is 1.27. The first-order valence-electron chi connectivity index (χ1n) is 3.63. The number of rotatable bonds is 4. The number of H-pyrrole nitrogens is 1. The Bertz CT molecular complexity index is 220. The van der Waals surface area contributed by atoms with E-state index >= 15 is 0 Å². The first kappa shape index (κ1) is 7.83. The molecule has 58 valence electrons. The molecule has 0 aliphatic carbocycles. The van der Waals surface area contributed by atoms with Crippen molar-refractivity contribution >= 4 is 0 Å². The van der Waals surface area contributed by atoms with Crippen molar-refractivity contribution in [2.45, 2.75) is 6.42 Å². The summed E-state index contributed by atoms with van der Waals surface area (Å²) >= 11 is 0. The van der Waals surface area contributed by atoms with Crippen LogP contribution in [0.1, 0.15) is 5.56 Å². The molecule has 2 N–H and O–H groups in total. The van der Waals surface area contributed by atoms with E-state index in [1.54, 1.807) is 0 Å². The predicted octanol–water partition coefficient (Wildman–Crippen LogP) is 0.670. The Balaban J connectivity index is 2.10. The van der Waals surface area contributed by atoms with Crippen LogP contribution in [0.2, 0.25) is 0 Å². The highest BCUT2D eigenvalue weighted by Crippen LogP contribution is 1.95. The molecule has 1 aromatic rings. The van der Waals surface area contributed by atoms with E-state index in [0.29, 0.717) is 6.54 Å². The molecular formula is C8H11N3. The quantitative estimate of drug-likeness (QED) is 0.488. The maximum absolute atomic E-state index is 8.20. The van der Waals surface area contributed by atoms with Gasteiger partial charge in [0.2, 0.25) is 0 Å². The van der Waals surface area contributed by atoms with Crippen molar-refractivity contribution in [2.75, 3.05) is 13.1 Å². The second kappa shape index (κ2) is 4.53. The van der Waals surface area contributed by atoms with Crippen molar-refractivity contribution < 1.29 is 0 Å². The van der Waals surface area contributed by atoms with Gasteiger partial charge in [-0.15, -0.1) is 0 Å². The maximum Gasteiger partial charge on any atom is 0.0841 e. The maximum atomic E-state index is 8.20. The Morgan fingerprint density at radius 1 is 1.64 bits per heavy atom. The van der Waals surface area contributed by atoms with Crippen molar-refractivity contribution in [3.63, 3.8) is 0 Å².